The number of halogens is 2. The molecule has 0 bridgehead atoms. The Morgan fingerprint density at radius 1 is 1.11 bits per heavy atom. The number of sulfonamides is 1. The van der Waals surface area contributed by atoms with Crippen LogP contribution < -0.4 is 0 Å². The number of hydrogen-bond donors (Lipinski definition) is 0. The number of amidine groups is 1. The van der Waals surface area contributed by atoms with Gasteiger partial charge in [-0.25, -0.2) is 17.5 Å². The topological polar surface area (TPSA) is 76.0 Å². The van der Waals surface area contributed by atoms with E-state index in [4.69, 9.17) is 27.9 Å². The van der Waals surface area contributed by atoms with Gasteiger partial charge >= 0.3 is 5.97 Å². The number of aliphatic imine (C=N–C) groups is 1. The Morgan fingerprint density at radius 3 is 2.25 bits per heavy atom. The van der Waals surface area contributed by atoms with Crippen molar-refractivity contribution in [3.63, 3.8) is 0 Å². The first-order valence-corrected chi connectivity index (χ1v) is 10.7. The maximum Gasteiger partial charge on any atom is 0.332 e. The molecule has 3 rings (SSSR count). The van der Waals surface area contributed by atoms with E-state index in [1.165, 1.54) is 19.2 Å². The number of carbonyl (C=O) groups is 1. The molecule has 0 aliphatic carbocycles. The lowest BCUT2D eigenvalue weighted by molar-refractivity contribution is -0.144. The average molecular weight is 441 g/mol. The second kappa shape index (κ2) is 8.11. The number of esters is 1. The van der Waals surface area contributed by atoms with Gasteiger partial charge in [0.05, 0.1) is 12.0 Å². The van der Waals surface area contributed by atoms with E-state index in [0.29, 0.717) is 5.56 Å². The zero-order valence-corrected chi connectivity index (χ0v) is 17.4. The van der Waals surface area contributed by atoms with E-state index >= 15 is 0 Å². The normalized spacial score (nSPS) is 19.6. The summed E-state index contributed by atoms with van der Waals surface area (Å²) in [6.07, 6.45) is 0. The van der Waals surface area contributed by atoms with E-state index in [1.807, 2.05) is 13.0 Å². The van der Waals surface area contributed by atoms with Crippen molar-refractivity contribution in [3.8, 4) is 0 Å². The second-order valence-electron chi connectivity index (χ2n) is 6.23. The van der Waals surface area contributed by atoms with E-state index in [2.05, 4.69) is 4.99 Å². The van der Waals surface area contributed by atoms with Crippen molar-refractivity contribution in [1.82, 2.24) is 4.31 Å². The Bertz CT molecular complexity index is 992. The van der Waals surface area contributed by atoms with E-state index in [0.717, 1.165) is 9.87 Å². The predicted molar refractivity (Wildman–Crippen MR) is 108 cm³/mol. The largest absolute Gasteiger partial charge is 0.467 e. The molecule has 0 saturated heterocycles. The van der Waals surface area contributed by atoms with E-state index < -0.39 is 32.9 Å². The minimum atomic E-state index is -4.16. The Hall–Kier alpha value is -2.09. The first-order valence-electron chi connectivity index (χ1n) is 8.37. The SMILES string of the molecule is COC(=O)[C@@H]1[C@@H](c2ccccc2)N=C(C(Cl)Cl)N1S(=O)(=O)c1ccc(C)cc1. The van der Waals surface area contributed by atoms with Crippen LogP contribution in [-0.4, -0.2) is 42.5 Å². The van der Waals surface area contributed by atoms with Crippen molar-refractivity contribution >= 4 is 45.0 Å². The zero-order chi connectivity index (χ0) is 20.5. The number of ether oxygens (including phenoxy) is 1. The molecule has 0 fully saturated rings. The van der Waals surface area contributed by atoms with E-state index in [9.17, 15) is 13.2 Å². The lowest BCUT2D eigenvalue weighted by atomic mass is 10.0. The molecule has 0 radical (unpaired) electrons. The third-order valence-electron chi connectivity index (χ3n) is 4.41. The molecule has 0 N–H and O–H groups in total. The van der Waals surface area contributed by atoms with Crippen molar-refractivity contribution < 1.29 is 17.9 Å². The number of alkyl halides is 2. The molecule has 1 heterocycles. The molecular formula is C19H18Cl2N2O4S. The van der Waals surface area contributed by atoms with Crippen LogP contribution in [0.5, 0.6) is 0 Å². The van der Waals surface area contributed by atoms with E-state index in [1.54, 1.807) is 36.4 Å². The molecule has 6 nitrogen and oxygen atoms in total. The molecule has 0 unspecified atom stereocenters. The summed E-state index contributed by atoms with van der Waals surface area (Å²) in [6.45, 7) is 1.84. The molecule has 1 aliphatic heterocycles. The third-order valence-corrected chi connectivity index (χ3v) is 6.60. The van der Waals surface area contributed by atoms with Gasteiger partial charge in [-0.15, -0.1) is 0 Å². The molecule has 2 atom stereocenters. The van der Waals surface area contributed by atoms with Gasteiger partial charge < -0.3 is 4.74 Å². The minimum absolute atomic E-state index is 0.00222. The summed E-state index contributed by atoms with van der Waals surface area (Å²) in [5.41, 5.74) is 1.54. The molecule has 0 aromatic heterocycles. The summed E-state index contributed by atoms with van der Waals surface area (Å²) in [4.78, 5) is 15.8. The van der Waals surface area contributed by atoms with Gasteiger partial charge in [0.25, 0.3) is 10.0 Å². The molecule has 148 valence electrons. The maximum atomic E-state index is 13.4. The zero-order valence-electron chi connectivity index (χ0n) is 15.1. The lowest BCUT2D eigenvalue weighted by Gasteiger charge is -2.28. The van der Waals surface area contributed by atoms with Crippen LogP contribution in [0.3, 0.4) is 0 Å². The predicted octanol–water partition coefficient (Wildman–Crippen LogP) is 3.48. The summed E-state index contributed by atoms with van der Waals surface area (Å²) >= 11 is 12.1. The van der Waals surface area contributed by atoms with Crippen LogP contribution in [0.1, 0.15) is 17.2 Å². The number of nitrogens with zero attached hydrogens (tertiary/aromatic N) is 2. The van der Waals surface area contributed by atoms with Crippen LogP contribution in [0.4, 0.5) is 0 Å². The fraction of sp³-hybridized carbons (Fsp3) is 0.263. The Balaban J connectivity index is 2.17. The van der Waals surface area contributed by atoms with Crippen molar-refractivity contribution in [2.24, 2.45) is 4.99 Å². The van der Waals surface area contributed by atoms with Gasteiger partial charge in [0.15, 0.2) is 10.9 Å². The fourth-order valence-corrected chi connectivity index (χ4v) is 5.09. The fourth-order valence-electron chi connectivity index (χ4n) is 3.04. The van der Waals surface area contributed by atoms with E-state index in [-0.39, 0.29) is 10.7 Å². The Kier molecular flexibility index (Phi) is 5.98. The van der Waals surface area contributed by atoms with Crippen molar-refractivity contribution in [2.45, 2.75) is 28.7 Å². The van der Waals surface area contributed by atoms with Gasteiger partial charge in [0, 0.05) is 0 Å². The second-order valence-corrected chi connectivity index (χ2v) is 9.14. The maximum absolute atomic E-state index is 13.4. The summed E-state index contributed by atoms with van der Waals surface area (Å²) in [5, 5.41) is 0. The highest BCUT2D eigenvalue weighted by atomic mass is 35.5. The van der Waals surface area contributed by atoms with Crippen LogP contribution in [0.15, 0.2) is 64.5 Å². The molecule has 9 heteroatoms. The highest BCUT2D eigenvalue weighted by Crippen LogP contribution is 2.38. The van der Waals surface area contributed by atoms with Crippen LogP contribution >= 0.6 is 23.2 Å². The van der Waals surface area contributed by atoms with Crippen molar-refractivity contribution in [1.29, 1.82) is 0 Å². The van der Waals surface area contributed by atoms with Gasteiger partial charge in [-0.05, 0) is 24.6 Å². The number of aryl methyl sites for hydroxylation is 1. The summed E-state index contributed by atoms with van der Waals surface area (Å²) in [5.74, 6) is -0.870. The van der Waals surface area contributed by atoms with Gasteiger partial charge in [0.1, 0.15) is 11.9 Å². The molecular weight excluding hydrogens is 423 g/mol. The molecule has 2 aromatic rings. The molecule has 1 aliphatic rings. The van der Waals surface area contributed by atoms with Crippen LogP contribution in [0, 0.1) is 6.92 Å². The lowest BCUT2D eigenvalue weighted by Crippen LogP contribution is -2.48. The van der Waals surface area contributed by atoms with Crippen LogP contribution in [0.2, 0.25) is 0 Å². The first-order chi connectivity index (χ1) is 13.3. The highest BCUT2D eigenvalue weighted by molar-refractivity contribution is 7.89. The van der Waals surface area contributed by atoms with Crippen molar-refractivity contribution in [2.75, 3.05) is 7.11 Å². The number of methoxy groups -OCH3 is 1. The molecule has 0 saturated carbocycles. The Morgan fingerprint density at radius 2 is 1.71 bits per heavy atom. The summed E-state index contributed by atoms with van der Waals surface area (Å²) in [7, 11) is -2.97. The standard InChI is InChI=1S/C19H18Cl2N2O4S/c1-12-8-10-14(11-9-12)28(25,26)23-16(19(24)27-2)15(22-18(23)17(20)21)13-6-4-3-5-7-13/h3-11,15-17H,1-2H3/t15-,16+/m1/s1. The Labute approximate surface area is 173 Å². The minimum Gasteiger partial charge on any atom is -0.467 e. The van der Waals surface area contributed by atoms with Gasteiger partial charge in [-0.3, -0.25) is 4.99 Å². The van der Waals surface area contributed by atoms with Crippen molar-refractivity contribution in [3.05, 3.63) is 65.7 Å². The van der Waals surface area contributed by atoms with Crippen LogP contribution in [-0.2, 0) is 19.6 Å². The van der Waals surface area contributed by atoms with Gasteiger partial charge in [-0.2, -0.15) is 0 Å². The molecule has 0 amide bonds. The number of carbonyl (C=O) groups excluding carboxylic acids is 1. The monoisotopic (exact) mass is 440 g/mol. The average Bonchev–Trinajstić information content (AvgIpc) is 3.10. The quantitative estimate of drug-likeness (QED) is 0.526. The summed E-state index contributed by atoms with van der Waals surface area (Å²) in [6, 6.07) is 13.0. The van der Waals surface area contributed by atoms with Crippen LogP contribution in [0.25, 0.3) is 0 Å². The smallest absolute Gasteiger partial charge is 0.332 e. The number of hydrogen-bond acceptors (Lipinski definition) is 5. The first kappa shape index (κ1) is 20.6. The number of benzene rings is 2. The van der Waals surface area contributed by atoms with Gasteiger partial charge in [-0.1, -0.05) is 71.2 Å². The van der Waals surface area contributed by atoms with Gasteiger partial charge in [0.2, 0.25) is 0 Å². The highest BCUT2D eigenvalue weighted by Gasteiger charge is 2.50. The number of rotatable bonds is 5. The summed E-state index contributed by atoms with van der Waals surface area (Å²) < 4.78 is 32.5. The third kappa shape index (κ3) is 3.74. The molecule has 2 aromatic carbocycles. The molecule has 0 spiro atoms. The molecule has 28 heavy (non-hydrogen) atoms.